The molecule has 2 aromatic heterocycles. The topological polar surface area (TPSA) is 125 Å². The minimum atomic E-state index is -0.315. The summed E-state index contributed by atoms with van der Waals surface area (Å²) < 4.78 is 15.8. The molecule has 0 aliphatic carbocycles. The molecule has 2 heterocycles. The monoisotopic (exact) mass is 419 g/mol. The Bertz CT molecular complexity index is 1220. The first kappa shape index (κ1) is 20.0. The normalized spacial score (nSPS) is 10.6. The highest BCUT2D eigenvalue weighted by Gasteiger charge is 2.12. The lowest BCUT2D eigenvalue weighted by Gasteiger charge is -2.12. The minimum absolute atomic E-state index is 0.246. The number of ether oxygens (including phenoxy) is 2. The van der Waals surface area contributed by atoms with Crippen molar-refractivity contribution in [1.29, 1.82) is 0 Å². The van der Waals surface area contributed by atoms with Crippen LogP contribution in [0.25, 0.3) is 10.9 Å². The van der Waals surface area contributed by atoms with Crippen LogP contribution in [0.15, 0.2) is 59.2 Å². The van der Waals surface area contributed by atoms with E-state index in [1.807, 2.05) is 18.2 Å². The Morgan fingerprint density at radius 2 is 1.87 bits per heavy atom. The maximum absolute atomic E-state index is 12.2. The number of nitrogens with zero attached hydrogens (tertiary/aromatic N) is 2. The quantitative estimate of drug-likeness (QED) is 0.414. The fraction of sp³-hybridized carbons (Fsp3) is 0.136. The van der Waals surface area contributed by atoms with E-state index in [2.05, 4.69) is 20.6 Å². The largest absolute Gasteiger partial charge is 0.493 e. The van der Waals surface area contributed by atoms with Gasteiger partial charge in [0.05, 0.1) is 26.0 Å². The third kappa shape index (κ3) is 4.35. The molecule has 0 saturated heterocycles. The molecule has 31 heavy (non-hydrogen) atoms. The molecule has 0 radical (unpaired) electrons. The molecule has 1 amide bonds. The second-order valence-electron chi connectivity index (χ2n) is 6.64. The van der Waals surface area contributed by atoms with Gasteiger partial charge in [0.15, 0.2) is 17.3 Å². The number of nitrogens with two attached hydrogens (primary N) is 1. The molecule has 0 bridgehead atoms. The van der Waals surface area contributed by atoms with E-state index >= 15 is 0 Å². The van der Waals surface area contributed by atoms with Gasteiger partial charge < -0.3 is 30.3 Å². The molecule has 0 spiro atoms. The summed E-state index contributed by atoms with van der Waals surface area (Å²) in [5, 5.41) is 6.64. The average molecular weight is 419 g/mol. The van der Waals surface area contributed by atoms with Crippen LogP contribution in [0, 0.1) is 0 Å². The molecule has 158 valence electrons. The smallest absolute Gasteiger partial charge is 0.291 e. The van der Waals surface area contributed by atoms with Crippen molar-refractivity contribution in [1.82, 2.24) is 9.97 Å². The zero-order valence-electron chi connectivity index (χ0n) is 17.0. The van der Waals surface area contributed by atoms with Crippen LogP contribution in [0.1, 0.15) is 16.1 Å². The van der Waals surface area contributed by atoms with Gasteiger partial charge >= 0.3 is 0 Å². The van der Waals surface area contributed by atoms with E-state index in [1.165, 1.54) is 6.26 Å². The van der Waals surface area contributed by atoms with Gasteiger partial charge in [0.1, 0.15) is 5.82 Å². The van der Waals surface area contributed by atoms with E-state index in [9.17, 15) is 4.79 Å². The second-order valence-corrected chi connectivity index (χ2v) is 6.64. The van der Waals surface area contributed by atoms with Gasteiger partial charge in [0, 0.05) is 23.7 Å². The van der Waals surface area contributed by atoms with Crippen molar-refractivity contribution in [3.63, 3.8) is 0 Å². The van der Waals surface area contributed by atoms with Crippen LogP contribution in [0.5, 0.6) is 11.5 Å². The van der Waals surface area contributed by atoms with Gasteiger partial charge in [-0.1, -0.05) is 12.1 Å². The summed E-state index contributed by atoms with van der Waals surface area (Å²) >= 11 is 0. The van der Waals surface area contributed by atoms with Gasteiger partial charge in [-0.2, -0.15) is 4.98 Å². The molecular weight excluding hydrogens is 398 g/mol. The Kier molecular flexibility index (Phi) is 5.57. The van der Waals surface area contributed by atoms with Crippen molar-refractivity contribution in [3.8, 4) is 11.5 Å². The molecule has 0 saturated carbocycles. The highest BCUT2D eigenvalue weighted by molar-refractivity contribution is 6.02. The zero-order chi connectivity index (χ0) is 21.8. The van der Waals surface area contributed by atoms with Crippen LogP contribution in [-0.4, -0.2) is 30.1 Å². The van der Waals surface area contributed by atoms with E-state index in [1.54, 1.807) is 44.6 Å². The molecule has 4 rings (SSSR count). The predicted molar refractivity (Wildman–Crippen MR) is 117 cm³/mol. The number of benzene rings is 2. The summed E-state index contributed by atoms with van der Waals surface area (Å²) in [5.41, 5.74) is 8.33. The molecular formula is C22H21N5O4. The zero-order valence-corrected chi connectivity index (χ0v) is 17.0. The summed E-state index contributed by atoms with van der Waals surface area (Å²) in [6.07, 6.45) is 1.45. The number of hydrogen-bond acceptors (Lipinski definition) is 8. The van der Waals surface area contributed by atoms with Crippen molar-refractivity contribution in [2.24, 2.45) is 0 Å². The third-order valence-corrected chi connectivity index (χ3v) is 4.61. The Morgan fingerprint density at radius 1 is 1.06 bits per heavy atom. The predicted octanol–water partition coefficient (Wildman–Crippen LogP) is 3.69. The van der Waals surface area contributed by atoms with Crippen molar-refractivity contribution in [2.45, 2.75) is 6.54 Å². The van der Waals surface area contributed by atoms with Crippen molar-refractivity contribution >= 4 is 34.3 Å². The number of aromatic nitrogens is 2. The maximum Gasteiger partial charge on any atom is 0.291 e. The molecule has 0 aliphatic rings. The minimum Gasteiger partial charge on any atom is -0.493 e. The van der Waals surface area contributed by atoms with Crippen LogP contribution in [0.4, 0.5) is 17.5 Å². The standard InChI is InChI=1S/C22H21N5O4/c1-29-18-10-15-16(11-19(18)30-2)26-22(27-20(15)23)24-12-13-5-3-6-14(9-13)25-21(28)17-7-4-8-31-17/h3-11H,12H2,1-2H3,(H,25,28)(H3,23,24,26,27). The number of carbonyl (C=O) groups is 1. The summed E-state index contributed by atoms with van der Waals surface area (Å²) in [6.45, 7) is 0.433. The summed E-state index contributed by atoms with van der Waals surface area (Å²) in [7, 11) is 3.12. The Labute approximate surface area is 178 Å². The highest BCUT2D eigenvalue weighted by Crippen LogP contribution is 2.33. The van der Waals surface area contributed by atoms with Gasteiger partial charge in [0.2, 0.25) is 5.95 Å². The molecule has 9 nitrogen and oxygen atoms in total. The number of rotatable bonds is 7. The number of nitrogens with one attached hydrogen (secondary N) is 2. The van der Waals surface area contributed by atoms with Gasteiger partial charge in [0.25, 0.3) is 5.91 Å². The number of hydrogen-bond donors (Lipinski definition) is 3. The summed E-state index contributed by atoms with van der Waals surface area (Å²) in [5.74, 6) is 1.74. The van der Waals surface area contributed by atoms with E-state index in [-0.39, 0.29) is 11.7 Å². The van der Waals surface area contributed by atoms with Crippen LogP contribution in [0.2, 0.25) is 0 Å². The number of nitrogen functional groups attached to an aromatic ring is 1. The molecule has 4 aromatic rings. The van der Waals surface area contributed by atoms with Crippen LogP contribution in [0.3, 0.4) is 0 Å². The van der Waals surface area contributed by atoms with E-state index in [0.29, 0.717) is 46.4 Å². The number of fused-ring (bicyclic) bond motifs is 1. The van der Waals surface area contributed by atoms with E-state index in [4.69, 9.17) is 19.6 Å². The first-order valence-electron chi connectivity index (χ1n) is 9.44. The molecule has 4 N–H and O–H groups in total. The van der Waals surface area contributed by atoms with E-state index in [0.717, 1.165) is 5.56 Å². The number of methoxy groups -OCH3 is 2. The molecule has 0 fully saturated rings. The molecule has 0 unspecified atom stereocenters. The third-order valence-electron chi connectivity index (χ3n) is 4.61. The summed E-state index contributed by atoms with van der Waals surface area (Å²) in [4.78, 5) is 21.0. The van der Waals surface area contributed by atoms with E-state index < -0.39 is 0 Å². The number of carbonyl (C=O) groups excluding carboxylic acids is 1. The summed E-state index contributed by atoms with van der Waals surface area (Å²) in [6, 6.07) is 14.2. The van der Waals surface area contributed by atoms with Crippen LogP contribution >= 0.6 is 0 Å². The number of furan rings is 1. The second kappa shape index (κ2) is 8.62. The lowest BCUT2D eigenvalue weighted by molar-refractivity contribution is 0.0996. The van der Waals surface area contributed by atoms with Crippen molar-refractivity contribution in [3.05, 3.63) is 66.1 Å². The van der Waals surface area contributed by atoms with Crippen LogP contribution in [-0.2, 0) is 6.54 Å². The Hall–Kier alpha value is -4.27. The van der Waals surface area contributed by atoms with Gasteiger partial charge in [-0.15, -0.1) is 0 Å². The number of anilines is 3. The maximum atomic E-state index is 12.2. The van der Waals surface area contributed by atoms with Gasteiger partial charge in [-0.05, 0) is 35.9 Å². The van der Waals surface area contributed by atoms with Crippen LogP contribution < -0.4 is 25.8 Å². The Morgan fingerprint density at radius 3 is 2.61 bits per heavy atom. The van der Waals surface area contributed by atoms with Gasteiger partial charge in [-0.3, -0.25) is 4.79 Å². The molecule has 2 aromatic carbocycles. The van der Waals surface area contributed by atoms with Crippen molar-refractivity contribution in [2.75, 3.05) is 30.6 Å². The molecule has 9 heteroatoms. The SMILES string of the molecule is COc1cc2nc(NCc3cccc(NC(=O)c4ccco4)c3)nc(N)c2cc1OC. The highest BCUT2D eigenvalue weighted by atomic mass is 16.5. The van der Waals surface area contributed by atoms with Crippen molar-refractivity contribution < 1.29 is 18.7 Å². The molecule has 0 atom stereocenters. The first-order chi connectivity index (χ1) is 15.1. The lowest BCUT2D eigenvalue weighted by Crippen LogP contribution is -2.11. The molecule has 0 aliphatic heterocycles. The lowest BCUT2D eigenvalue weighted by atomic mass is 10.2. The fourth-order valence-corrected chi connectivity index (χ4v) is 3.10. The average Bonchev–Trinajstić information content (AvgIpc) is 3.32. The Balaban J connectivity index is 1.50. The number of amides is 1. The first-order valence-corrected chi connectivity index (χ1v) is 9.44. The fourth-order valence-electron chi connectivity index (χ4n) is 3.10. The van der Waals surface area contributed by atoms with Gasteiger partial charge in [-0.25, -0.2) is 4.98 Å².